The third-order valence-corrected chi connectivity index (χ3v) is 1.68. The lowest BCUT2D eigenvalue weighted by Gasteiger charge is -2.03. The van der Waals surface area contributed by atoms with E-state index in [9.17, 15) is 4.79 Å². The van der Waals surface area contributed by atoms with Crippen LogP contribution in [0.1, 0.15) is 31.3 Å². The summed E-state index contributed by atoms with van der Waals surface area (Å²) in [4.78, 5) is 18.7. The molecule has 4 nitrogen and oxygen atoms in total. The van der Waals surface area contributed by atoms with Crippen molar-refractivity contribution in [2.45, 2.75) is 19.8 Å². The molecular formula is C10H13N3O. The maximum atomic E-state index is 10.5. The van der Waals surface area contributed by atoms with Crippen molar-refractivity contribution in [2.75, 3.05) is 0 Å². The van der Waals surface area contributed by atoms with E-state index in [1.54, 1.807) is 6.20 Å². The SMILES string of the molecule is CC(C)c1ccnc(/C=C/C(N)=O)n1. The lowest BCUT2D eigenvalue weighted by Crippen LogP contribution is -2.05. The van der Waals surface area contributed by atoms with Crippen LogP contribution >= 0.6 is 0 Å². The van der Waals surface area contributed by atoms with Crippen molar-refractivity contribution in [3.05, 3.63) is 29.9 Å². The number of hydrogen-bond acceptors (Lipinski definition) is 3. The van der Waals surface area contributed by atoms with Crippen LogP contribution in [-0.4, -0.2) is 15.9 Å². The van der Waals surface area contributed by atoms with Crippen molar-refractivity contribution in [3.63, 3.8) is 0 Å². The van der Waals surface area contributed by atoms with Gasteiger partial charge in [0.05, 0.1) is 0 Å². The number of hydrogen-bond donors (Lipinski definition) is 1. The first-order chi connectivity index (χ1) is 6.59. The molecule has 1 heterocycles. The highest BCUT2D eigenvalue weighted by Crippen LogP contribution is 2.10. The Morgan fingerprint density at radius 2 is 2.29 bits per heavy atom. The first-order valence-corrected chi connectivity index (χ1v) is 4.40. The van der Waals surface area contributed by atoms with Crippen molar-refractivity contribution in [2.24, 2.45) is 5.73 Å². The number of nitrogens with zero attached hydrogens (tertiary/aromatic N) is 2. The summed E-state index contributed by atoms with van der Waals surface area (Å²) in [6, 6.07) is 1.85. The molecule has 0 unspecified atom stereocenters. The van der Waals surface area contributed by atoms with Gasteiger partial charge in [0.25, 0.3) is 0 Å². The number of carbonyl (C=O) groups excluding carboxylic acids is 1. The molecule has 0 aliphatic carbocycles. The third kappa shape index (κ3) is 2.97. The summed E-state index contributed by atoms with van der Waals surface area (Å²) >= 11 is 0. The first kappa shape index (κ1) is 10.4. The second kappa shape index (κ2) is 4.50. The number of amides is 1. The van der Waals surface area contributed by atoms with Crippen LogP contribution in [0.15, 0.2) is 18.3 Å². The molecule has 1 aromatic rings. The zero-order chi connectivity index (χ0) is 10.6. The monoisotopic (exact) mass is 191 g/mol. The van der Waals surface area contributed by atoms with Gasteiger partial charge in [-0.15, -0.1) is 0 Å². The number of rotatable bonds is 3. The number of nitrogens with two attached hydrogens (primary N) is 1. The molecule has 0 aromatic carbocycles. The van der Waals surface area contributed by atoms with Crippen molar-refractivity contribution < 1.29 is 4.79 Å². The zero-order valence-electron chi connectivity index (χ0n) is 8.27. The van der Waals surface area contributed by atoms with Crippen LogP contribution in [0, 0.1) is 0 Å². The van der Waals surface area contributed by atoms with E-state index in [2.05, 4.69) is 9.97 Å². The Hall–Kier alpha value is -1.71. The fourth-order valence-corrected chi connectivity index (χ4v) is 0.947. The Morgan fingerprint density at radius 1 is 1.57 bits per heavy atom. The van der Waals surface area contributed by atoms with Crippen molar-refractivity contribution in [1.29, 1.82) is 0 Å². The molecule has 1 aromatic heterocycles. The highest BCUT2D eigenvalue weighted by molar-refractivity contribution is 5.89. The normalized spacial score (nSPS) is 11.1. The first-order valence-electron chi connectivity index (χ1n) is 4.40. The minimum absolute atomic E-state index is 0.346. The molecule has 0 spiro atoms. The average molecular weight is 191 g/mol. The topological polar surface area (TPSA) is 68.9 Å². The van der Waals surface area contributed by atoms with Crippen LogP contribution in [0.5, 0.6) is 0 Å². The molecule has 0 saturated carbocycles. The molecule has 1 amide bonds. The summed E-state index contributed by atoms with van der Waals surface area (Å²) in [7, 11) is 0. The van der Waals surface area contributed by atoms with Gasteiger partial charge in [0.2, 0.25) is 5.91 Å². The van der Waals surface area contributed by atoms with Crippen LogP contribution in [0.3, 0.4) is 0 Å². The highest BCUT2D eigenvalue weighted by Gasteiger charge is 2.00. The number of carbonyl (C=O) groups is 1. The predicted octanol–water partition coefficient (Wildman–Crippen LogP) is 1.10. The van der Waals surface area contributed by atoms with Crippen molar-refractivity contribution in [1.82, 2.24) is 9.97 Å². The second-order valence-electron chi connectivity index (χ2n) is 3.23. The van der Waals surface area contributed by atoms with Gasteiger partial charge >= 0.3 is 0 Å². The van der Waals surface area contributed by atoms with Gasteiger partial charge in [-0.3, -0.25) is 4.79 Å². The van der Waals surface area contributed by atoms with Gasteiger partial charge in [-0.05, 0) is 18.1 Å². The van der Waals surface area contributed by atoms with Gasteiger partial charge in [0.15, 0.2) is 5.82 Å². The fourth-order valence-electron chi connectivity index (χ4n) is 0.947. The molecule has 2 N–H and O–H groups in total. The molecule has 0 radical (unpaired) electrons. The smallest absolute Gasteiger partial charge is 0.241 e. The van der Waals surface area contributed by atoms with E-state index >= 15 is 0 Å². The van der Waals surface area contributed by atoms with E-state index in [4.69, 9.17) is 5.73 Å². The summed E-state index contributed by atoms with van der Waals surface area (Å²) in [5.41, 5.74) is 5.91. The molecule has 0 aliphatic heterocycles. The largest absolute Gasteiger partial charge is 0.366 e. The standard InChI is InChI=1S/C10H13N3O/c1-7(2)8-5-6-12-10(13-8)4-3-9(11)14/h3-7H,1-2H3,(H2,11,14)/b4-3+. The summed E-state index contributed by atoms with van der Waals surface area (Å²) in [6.07, 6.45) is 4.43. The molecule has 1 rings (SSSR count). The number of primary amides is 1. The highest BCUT2D eigenvalue weighted by atomic mass is 16.1. The molecule has 0 atom stereocenters. The van der Waals surface area contributed by atoms with Crippen LogP contribution in [0.2, 0.25) is 0 Å². The Bertz CT molecular complexity index is 358. The van der Waals surface area contributed by atoms with Gasteiger partial charge in [-0.25, -0.2) is 9.97 Å². The minimum atomic E-state index is -0.497. The third-order valence-electron chi connectivity index (χ3n) is 1.68. The van der Waals surface area contributed by atoms with Crippen molar-refractivity contribution >= 4 is 12.0 Å². The van der Waals surface area contributed by atoms with E-state index < -0.39 is 5.91 Å². The summed E-state index contributed by atoms with van der Waals surface area (Å²) in [5.74, 6) is 0.359. The summed E-state index contributed by atoms with van der Waals surface area (Å²) in [6.45, 7) is 4.09. The molecule has 0 saturated heterocycles. The minimum Gasteiger partial charge on any atom is -0.366 e. The lowest BCUT2D eigenvalue weighted by molar-refractivity contribution is -0.113. The predicted molar refractivity (Wildman–Crippen MR) is 54.3 cm³/mol. The Labute approximate surface area is 82.9 Å². The second-order valence-corrected chi connectivity index (χ2v) is 3.23. The molecular weight excluding hydrogens is 178 g/mol. The van der Waals surface area contributed by atoms with Gasteiger partial charge < -0.3 is 5.73 Å². The van der Waals surface area contributed by atoms with Crippen LogP contribution in [0.4, 0.5) is 0 Å². The Balaban J connectivity index is 2.89. The molecule has 0 aliphatic rings. The summed E-state index contributed by atoms with van der Waals surface area (Å²) < 4.78 is 0. The van der Waals surface area contributed by atoms with E-state index in [1.165, 1.54) is 12.2 Å². The zero-order valence-corrected chi connectivity index (χ0v) is 8.27. The van der Waals surface area contributed by atoms with E-state index in [1.807, 2.05) is 19.9 Å². The Morgan fingerprint density at radius 3 is 2.86 bits per heavy atom. The maximum absolute atomic E-state index is 10.5. The van der Waals surface area contributed by atoms with E-state index in [0.29, 0.717) is 11.7 Å². The molecule has 4 heteroatoms. The molecule has 0 fully saturated rings. The summed E-state index contributed by atoms with van der Waals surface area (Å²) in [5, 5.41) is 0. The van der Waals surface area contributed by atoms with Gasteiger partial charge in [0, 0.05) is 18.0 Å². The van der Waals surface area contributed by atoms with Gasteiger partial charge in [0.1, 0.15) is 0 Å². The average Bonchev–Trinajstić information content (AvgIpc) is 2.15. The van der Waals surface area contributed by atoms with E-state index in [-0.39, 0.29) is 0 Å². The number of aromatic nitrogens is 2. The fraction of sp³-hybridized carbons (Fsp3) is 0.300. The van der Waals surface area contributed by atoms with Crippen LogP contribution in [0.25, 0.3) is 6.08 Å². The quantitative estimate of drug-likeness (QED) is 0.727. The molecule has 14 heavy (non-hydrogen) atoms. The van der Waals surface area contributed by atoms with Crippen molar-refractivity contribution in [3.8, 4) is 0 Å². The van der Waals surface area contributed by atoms with Crippen LogP contribution < -0.4 is 5.73 Å². The lowest BCUT2D eigenvalue weighted by atomic mass is 10.1. The Kier molecular flexibility index (Phi) is 3.34. The van der Waals surface area contributed by atoms with Crippen LogP contribution in [-0.2, 0) is 4.79 Å². The van der Waals surface area contributed by atoms with E-state index in [0.717, 1.165) is 5.69 Å². The maximum Gasteiger partial charge on any atom is 0.241 e. The molecule has 74 valence electrons. The van der Waals surface area contributed by atoms with Gasteiger partial charge in [-0.1, -0.05) is 13.8 Å². The molecule has 0 bridgehead atoms. The van der Waals surface area contributed by atoms with Gasteiger partial charge in [-0.2, -0.15) is 0 Å².